The van der Waals surface area contributed by atoms with Gasteiger partial charge in [0.1, 0.15) is 5.82 Å². The monoisotopic (exact) mass is 290 g/mol. The number of rotatable bonds is 4. The lowest BCUT2D eigenvalue weighted by molar-refractivity contribution is 0.0697. The maximum Gasteiger partial charge on any atom is 0.257 e. The fourth-order valence-electron chi connectivity index (χ4n) is 2.22. The van der Waals surface area contributed by atoms with Crippen molar-refractivity contribution in [3.63, 3.8) is 0 Å². The molecule has 0 radical (unpaired) electrons. The third-order valence-corrected chi connectivity index (χ3v) is 3.42. The predicted molar refractivity (Wildman–Crippen MR) is 75.7 cm³/mol. The van der Waals surface area contributed by atoms with Gasteiger partial charge in [0.2, 0.25) is 0 Å². The number of carbonyl (C=O) groups is 1. The minimum atomic E-state index is -0.646. The quantitative estimate of drug-likeness (QED) is 0.862. The standard InChI is InChI=1S/C16H16F2N2O/c1-3-20(11(2)12-4-6-13(17)7-5-12)16(21)14-8-9-19-10-15(14)18/h4-11H,3H2,1-2H3. The molecule has 0 saturated carbocycles. The third-order valence-electron chi connectivity index (χ3n) is 3.42. The van der Waals surface area contributed by atoms with E-state index in [-0.39, 0.29) is 17.4 Å². The molecule has 0 fully saturated rings. The number of halogens is 2. The second-order valence-electron chi connectivity index (χ2n) is 4.67. The molecule has 1 atom stereocenters. The molecule has 0 N–H and O–H groups in total. The van der Waals surface area contributed by atoms with Crippen LogP contribution in [0.4, 0.5) is 8.78 Å². The Morgan fingerprint density at radius 2 is 1.90 bits per heavy atom. The van der Waals surface area contributed by atoms with Crippen LogP contribution in [0.25, 0.3) is 0 Å². The molecular formula is C16H16F2N2O. The van der Waals surface area contributed by atoms with Crippen LogP contribution in [0.5, 0.6) is 0 Å². The van der Waals surface area contributed by atoms with Gasteiger partial charge in [-0.2, -0.15) is 0 Å². The van der Waals surface area contributed by atoms with Crippen LogP contribution in [0.3, 0.4) is 0 Å². The Kier molecular flexibility index (Phi) is 4.62. The fraction of sp³-hybridized carbons (Fsp3) is 0.250. The second-order valence-corrected chi connectivity index (χ2v) is 4.67. The summed E-state index contributed by atoms with van der Waals surface area (Å²) in [4.78, 5) is 17.6. The number of aromatic nitrogens is 1. The van der Waals surface area contributed by atoms with Crippen LogP contribution >= 0.6 is 0 Å². The van der Waals surface area contributed by atoms with Gasteiger partial charge in [-0.25, -0.2) is 8.78 Å². The molecule has 3 nitrogen and oxygen atoms in total. The largest absolute Gasteiger partial charge is 0.332 e. The molecule has 0 aliphatic heterocycles. The highest BCUT2D eigenvalue weighted by Crippen LogP contribution is 2.23. The number of pyridine rings is 1. The average molecular weight is 290 g/mol. The Bertz CT molecular complexity index is 628. The van der Waals surface area contributed by atoms with Gasteiger partial charge in [-0.05, 0) is 37.6 Å². The number of hydrogen-bond acceptors (Lipinski definition) is 2. The predicted octanol–water partition coefficient (Wildman–Crippen LogP) is 3.58. The Balaban J connectivity index is 2.29. The first-order chi connectivity index (χ1) is 10.0. The topological polar surface area (TPSA) is 33.2 Å². The smallest absolute Gasteiger partial charge is 0.257 e. The molecule has 2 aromatic rings. The van der Waals surface area contributed by atoms with Crippen molar-refractivity contribution < 1.29 is 13.6 Å². The summed E-state index contributed by atoms with van der Waals surface area (Å²) in [6.45, 7) is 4.06. The highest BCUT2D eigenvalue weighted by atomic mass is 19.1. The molecule has 110 valence electrons. The maximum absolute atomic E-state index is 13.7. The van der Waals surface area contributed by atoms with Crippen LogP contribution in [-0.2, 0) is 0 Å². The molecule has 0 bridgehead atoms. The van der Waals surface area contributed by atoms with Gasteiger partial charge in [-0.15, -0.1) is 0 Å². The van der Waals surface area contributed by atoms with E-state index in [0.717, 1.165) is 11.8 Å². The zero-order chi connectivity index (χ0) is 15.4. The first-order valence-electron chi connectivity index (χ1n) is 6.70. The van der Waals surface area contributed by atoms with Gasteiger partial charge in [0, 0.05) is 12.7 Å². The molecule has 1 amide bonds. The molecule has 5 heteroatoms. The fourth-order valence-corrected chi connectivity index (χ4v) is 2.22. The van der Waals surface area contributed by atoms with Crippen LogP contribution in [0, 0.1) is 11.6 Å². The van der Waals surface area contributed by atoms with E-state index in [1.54, 1.807) is 12.1 Å². The third kappa shape index (κ3) is 3.24. The summed E-state index contributed by atoms with van der Waals surface area (Å²) in [7, 11) is 0. The van der Waals surface area contributed by atoms with Crippen LogP contribution in [0.15, 0.2) is 42.7 Å². The van der Waals surface area contributed by atoms with E-state index in [1.165, 1.54) is 29.3 Å². The van der Waals surface area contributed by atoms with Crippen molar-refractivity contribution in [1.82, 2.24) is 9.88 Å². The van der Waals surface area contributed by atoms with Crippen molar-refractivity contribution in [3.05, 3.63) is 65.5 Å². The van der Waals surface area contributed by atoms with E-state index in [2.05, 4.69) is 4.98 Å². The summed E-state index contributed by atoms with van der Waals surface area (Å²) >= 11 is 0. The van der Waals surface area contributed by atoms with Crippen molar-refractivity contribution in [1.29, 1.82) is 0 Å². The number of carbonyl (C=O) groups excluding carboxylic acids is 1. The van der Waals surface area contributed by atoms with E-state index < -0.39 is 11.7 Å². The van der Waals surface area contributed by atoms with E-state index in [0.29, 0.717) is 6.54 Å². The molecule has 0 spiro atoms. The van der Waals surface area contributed by atoms with Gasteiger partial charge >= 0.3 is 0 Å². The van der Waals surface area contributed by atoms with Crippen molar-refractivity contribution in [2.45, 2.75) is 19.9 Å². The average Bonchev–Trinajstić information content (AvgIpc) is 2.49. The minimum absolute atomic E-state index is 0.0131. The van der Waals surface area contributed by atoms with E-state index in [1.807, 2.05) is 13.8 Å². The second kappa shape index (κ2) is 6.43. The summed E-state index contributed by atoms with van der Waals surface area (Å²) < 4.78 is 26.7. The molecule has 1 aromatic carbocycles. The number of amides is 1. The van der Waals surface area contributed by atoms with Gasteiger partial charge < -0.3 is 4.90 Å². The Hall–Kier alpha value is -2.30. The van der Waals surface area contributed by atoms with E-state index in [4.69, 9.17) is 0 Å². The van der Waals surface area contributed by atoms with E-state index >= 15 is 0 Å². The number of benzene rings is 1. The van der Waals surface area contributed by atoms with Gasteiger partial charge in [0.25, 0.3) is 5.91 Å². The maximum atomic E-state index is 13.7. The molecule has 0 aliphatic rings. The van der Waals surface area contributed by atoms with Crippen molar-refractivity contribution in [3.8, 4) is 0 Å². The number of nitrogens with zero attached hydrogens (tertiary/aromatic N) is 2. The lowest BCUT2D eigenvalue weighted by Crippen LogP contribution is -2.34. The zero-order valence-electron chi connectivity index (χ0n) is 11.9. The van der Waals surface area contributed by atoms with Crippen molar-refractivity contribution >= 4 is 5.91 Å². The van der Waals surface area contributed by atoms with Gasteiger partial charge in [0.05, 0.1) is 17.8 Å². The Morgan fingerprint density at radius 3 is 2.48 bits per heavy atom. The van der Waals surface area contributed by atoms with Gasteiger partial charge in [-0.1, -0.05) is 12.1 Å². The Labute approximate surface area is 122 Å². The SMILES string of the molecule is CCN(C(=O)c1ccncc1F)C(C)c1ccc(F)cc1. The van der Waals surface area contributed by atoms with Crippen molar-refractivity contribution in [2.24, 2.45) is 0 Å². The first-order valence-corrected chi connectivity index (χ1v) is 6.70. The number of hydrogen-bond donors (Lipinski definition) is 0. The minimum Gasteiger partial charge on any atom is -0.332 e. The van der Waals surface area contributed by atoms with Gasteiger partial charge in [-0.3, -0.25) is 9.78 Å². The molecule has 0 saturated heterocycles. The zero-order valence-corrected chi connectivity index (χ0v) is 11.9. The molecular weight excluding hydrogens is 274 g/mol. The highest BCUT2D eigenvalue weighted by Gasteiger charge is 2.23. The normalized spacial score (nSPS) is 12.0. The highest BCUT2D eigenvalue weighted by molar-refractivity contribution is 5.94. The summed E-state index contributed by atoms with van der Waals surface area (Å²) in [5, 5.41) is 0. The van der Waals surface area contributed by atoms with E-state index in [9.17, 15) is 13.6 Å². The van der Waals surface area contributed by atoms with Crippen LogP contribution < -0.4 is 0 Å². The Morgan fingerprint density at radius 1 is 1.24 bits per heavy atom. The van der Waals surface area contributed by atoms with Crippen LogP contribution in [0.1, 0.15) is 35.8 Å². The lowest BCUT2D eigenvalue weighted by atomic mass is 10.1. The molecule has 0 aliphatic carbocycles. The molecule has 2 rings (SSSR count). The summed E-state index contributed by atoms with van der Waals surface area (Å²) in [5.41, 5.74) is 0.780. The molecule has 1 aromatic heterocycles. The summed E-state index contributed by atoms with van der Waals surface area (Å²) in [6.07, 6.45) is 2.40. The lowest BCUT2D eigenvalue weighted by Gasteiger charge is -2.28. The first kappa shape index (κ1) is 15.1. The van der Waals surface area contributed by atoms with Gasteiger partial charge in [0.15, 0.2) is 5.82 Å². The molecule has 1 heterocycles. The summed E-state index contributed by atoms with van der Waals surface area (Å²) in [5.74, 6) is -1.39. The molecule has 21 heavy (non-hydrogen) atoms. The molecule has 1 unspecified atom stereocenters. The van der Waals surface area contributed by atoms with Crippen LogP contribution in [-0.4, -0.2) is 22.3 Å². The van der Waals surface area contributed by atoms with Crippen LogP contribution in [0.2, 0.25) is 0 Å². The van der Waals surface area contributed by atoms with Crippen molar-refractivity contribution in [2.75, 3.05) is 6.54 Å². The summed E-state index contributed by atoms with van der Waals surface area (Å²) in [6, 6.07) is 7.01.